The lowest BCUT2D eigenvalue weighted by Gasteiger charge is -2.17. The highest BCUT2D eigenvalue weighted by molar-refractivity contribution is 7.90. The highest BCUT2D eigenvalue weighted by atomic mass is 32.2. The van der Waals surface area contributed by atoms with Crippen molar-refractivity contribution in [3.63, 3.8) is 0 Å². The molecule has 1 unspecified atom stereocenters. The van der Waals surface area contributed by atoms with E-state index in [0.29, 0.717) is 0 Å². The predicted molar refractivity (Wildman–Crippen MR) is 52.1 cm³/mol. The van der Waals surface area contributed by atoms with E-state index in [1.165, 1.54) is 18.9 Å². The molecule has 6 heteroatoms. The molecular formula is C8H14N2O3S. The van der Waals surface area contributed by atoms with Gasteiger partial charge in [-0.1, -0.05) is 0 Å². The second-order valence-corrected chi connectivity index (χ2v) is 5.50. The molecule has 0 heterocycles. The molecule has 0 spiro atoms. The number of hydrogen-bond acceptors (Lipinski definition) is 4. The first kappa shape index (κ1) is 12.9. The first-order chi connectivity index (χ1) is 6.28. The lowest BCUT2D eigenvalue weighted by atomic mass is 10.2. The van der Waals surface area contributed by atoms with Crippen LogP contribution in [0.2, 0.25) is 0 Å². The predicted octanol–water partition coefficient (Wildman–Crippen LogP) is -0.351. The minimum atomic E-state index is -3.06. The van der Waals surface area contributed by atoms with E-state index in [0.717, 1.165) is 6.26 Å². The lowest BCUT2D eigenvalue weighted by molar-refractivity contribution is -0.131. The summed E-state index contributed by atoms with van der Waals surface area (Å²) in [6.07, 6.45) is 1.11. The Bertz CT molecular complexity index is 342. The molecular weight excluding hydrogens is 204 g/mol. The van der Waals surface area contributed by atoms with Crippen LogP contribution in [0.3, 0.4) is 0 Å². The Balaban J connectivity index is 4.18. The molecule has 0 bridgehead atoms. The summed E-state index contributed by atoms with van der Waals surface area (Å²) in [4.78, 5) is 12.6. The third-order valence-electron chi connectivity index (χ3n) is 1.74. The molecule has 0 aromatic rings. The smallest absolute Gasteiger partial charge is 0.239 e. The van der Waals surface area contributed by atoms with Crippen LogP contribution in [-0.2, 0) is 14.6 Å². The number of hydrogen-bond donors (Lipinski definition) is 0. The lowest BCUT2D eigenvalue weighted by Crippen LogP contribution is -2.34. The van der Waals surface area contributed by atoms with Crippen molar-refractivity contribution in [2.24, 2.45) is 5.92 Å². The van der Waals surface area contributed by atoms with E-state index in [4.69, 9.17) is 5.26 Å². The molecule has 0 saturated heterocycles. The van der Waals surface area contributed by atoms with Crippen molar-refractivity contribution in [3.05, 3.63) is 0 Å². The Morgan fingerprint density at radius 2 is 2.07 bits per heavy atom. The van der Waals surface area contributed by atoms with E-state index in [9.17, 15) is 13.2 Å². The van der Waals surface area contributed by atoms with Crippen LogP contribution in [-0.4, -0.2) is 44.8 Å². The summed E-state index contributed by atoms with van der Waals surface area (Å²) in [6.45, 7) is 1.61. The summed E-state index contributed by atoms with van der Waals surface area (Å²) in [5, 5.41) is 8.47. The van der Waals surface area contributed by atoms with Crippen LogP contribution < -0.4 is 0 Å². The van der Waals surface area contributed by atoms with E-state index in [1.807, 2.05) is 0 Å². The molecule has 1 amide bonds. The Kier molecular flexibility index (Phi) is 4.57. The van der Waals surface area contributed by atoms with E-state index >= 15 is 0 Å². The van der Waals surface area contributed by atoms with Crippen LogP contribution >= 0.6 is 0 Å². The molecule has 0 aliphatic carbocycles. The van der Waals surface area contributed by atoms with Crippen LogP contribution in [0.25, 0.3) is 0 Å². The molecule has 0 rings (SSSR count). The van der Waals surface area contributed by atoms with Gasteiger partial charge in [-0.15, -0.1) is 0 Å². The molecule has 0 fully saturated rings. The quantitative estimate of drug-likeness (QED) is 0.646. The molecule has 80 valence electrons. The highest BCUT2D eigenvalue weighted by Crippen LogP contribution is 1.99. The van der Waals surface area contributed by atoms with Crippen molar-refractivity contribution in [1.29, 1.82) is 5.26 Å². The molecule has 1 atom stereocenters. The van der Waals surface area contributed by atoms with Crippen LogP contribution in [0.4, 0.5) is 0 Å². The van der Waals surface area contributed by atoms with Crippen molar-refractivity contribution in [2.45, 2.75) is 6.92 Å². The first-order valence-corrected chi connectivity index (χ1v) is 6.16. The van der Waals surface area contributed by atoms with Crippen molar-refractivity contribution >= 4 is 15.7 Å². The largest absolute Gasteiger partial charge is 0.344 e. The second-order valence-electron chi connectivity index (χ2n) is 3.24. The molecule has 0 saturated carbocycles. The van der Waals surface area contributed by atoms with Gasteiger partial charge in [0.15, 0.2) is 0 Å². The van der Waals surface area contributed by atoms with Gasteiger partial charge in [0.1, 0.15) is 15.8 Å². The molecule has 0 N–H and O–H groups in total. The number of nitrogens with zero attached hydrogens (tertiary/aromatic N) is 2. The maximum Gasteiger partial charge on any atom is 0.239 e. The molecule has 0 radical (unpaired) electrons. The van der Waals surface area contributed by atoms with Gasteiger partial charge in [0.05, 0.1) is 11.8 Å². The number of carbonyl (C=O) groups excluding carboxylic acids is 1. The van der Waals surface area contributed by atoms with Crippen molar-refractivity contribution in [2.75, 3.05) is 25.6 Å². The fourth-order valence-electron chi connectivity index (χ4n) is 0.799. The van der Waals surface area contributed by atoms with Gasteiger partial charge in [-0.3, -0.25) is 4.79 Å². The van der Waals surface area contributed by atoms with Crippen molar-refractivity contribution < 1.29 is 13.2 Å². The van der Waals surface area contributed by atoms with E-state index in [-0.39, 0.29) is 18.2 Å². The van der Waals surface area contributed by atoms with Crippen molar-refractivity contribution in [3.8, 4) is 6.07 Å². The van der Waals surface area contributed by atoms with E-state index in [2.05, 4.69) is 0 Å². The number of amides is 1. The van der Waals surface area contributed by atoms with Gasteiger partial charge in [0.25, 0.3) is 0 Å². The summed E-state index contributed by atoms with van der Waals surface area (Å²) >= 11 is 0. The van der Waals surface area contributed by atoms with Gasteiger partial charge >= 0.3 is 0 Å². The summed E-state index contributed by atoms with van der Waals surface area (Å²) < 4.78 is 21.6. The van der Waals surface area contributed by atoms with Crippen LogP contribution in [0.5, 0.6) is 0 Å². The third-order valence-corrected chi connectivity index (χ3v) is 2.66. The van der Waals surface area contributed by atoms with Gasteiger partial charge in [0.2, 0.25) is 5.91 Å². The normalized spacial score (nSPS) is 13.0. The maximum atomic E-state index is 11.3. The average Bonchev–Trinajstić information content (AvgIpc) is 2.10. The van der Waals surface area contributed by atoms with Crippen LogP contribution in [0.1, 0.15) is 6.92 Å². The fourth-order valence-corrected chi connectivity index (χ4v) is 1.40. The summed E-state index contributed by atoms with van der Waals surface area (Å²) in [6, 6.07) is 1.80. The van der Waals surface area contributed by atoms with Gasteiger partial charge in [0, 0.05) is 19.8 Å². The third kappa shape index (κ3) is 4.82. The molecule has 5 nitrogen and oxygen atoms in total. The van der Waals surface area contributed by atoms with E-state index < -0.39 is 15.8 Å². The topological polar surface area (TPSA) is 78.2 Å². The highest BCUT2D eigenvalue weighted by Gasteiger charge is 2.17. The van der Waals surface area contributed by atoms with Gasteiger partial charge in [-0.05, 0) is 6.92 Å². The van der Waals surface area contributed by atoms with Crippen LogP contribution in [0.15, 0.2) is 0 Å². The van der Waals surface area contributed by atoms with E-state index in [1.54, 1.807) is 6.07 Å². The van der Waals surface area contributed by atoms with Crippen LogP contribution in [0, 0.1) is 17.2 Å². The Morgan fingerprint density at radius 1 is 1.57 bits per heavy atom. The average molecular weight is 218 g/mol. The Hall–Kier alpha value is -1.09. The van der Waals surface area contributed by atoms with Gasteiger partial charge in [-0.2, -0.15) is 5.26 Å². The number of rotatable bonds is 4. The Labute approximate surface area is 84.2 Å². The zero-order chi connectivity index (χ0) is 11.4. The molecule has 0 aliphatic heterocycles. The molecule has 14 heavy (non-hydrogen) atoms. The maximum absolute atomic E-state index is 11.3. The number of sulfone groups is 1. The minimum Gasteiger partial charge on any atom is -0.344 e. The molecule has 0 aliphatic rings. The summed E-state index contributed by atoms with van der Waals surface area (Å²) in [5.74, 6) is -1.15. The fraction of sp³-hybridized carbons (Fsp3) is 0.750. The van der Waals surface area contributed by atoms with Gasteiger partial charge in [-0.25, -0.2) is 8.42 Å². The molecule has 0 aromatic carbocycles. The van der Waals surface area contributed by atoms with Crippen molar-refractivity contribution in [1.82, 2.24) is 4.90 Å². The SMILES string of the molecule is CC(C#N)C(=O)N(C)CCS(C)(=O)=O. The summed E-state index contributed by atoms with van der Waals surface area (Å²) in [5.41, 5.74) is 0. The standard InChI is InChI=1S/C8H14N2O3S/c1-7(6-9)8(11)10(2)4-5-14(3,12)13/h7H,4-5H2,1-3H3. The zero-order valence-electron chi connectivity index (χ0n) is 8.52. The molecule has 0 aromatic heterocycles. The Morgan fingerprint density at radius 3 is 2.43 bits per heavy atom. The first-order valence-electron chi connectivity index (χ1n) is 4.10. The second kappa shape index (κ2) is 4.96. The number of nitriles is 1. The minimum absolute atomic E-state index is 0.0760. The summed E-state index contributed by atoms with van der Waals surface area (Å²) in [7, 11) is -1.57. The monoisotopic (exact) mass is 218 g/mol. The zero-order valence-corrected chi connectivity index (χ0v) is 9.34. The number of carbonyl (C=O) groups is 1. The van der Waals surface area contributed by atoms with Gasteiger partial charge < -0.3 is 4.90 Å².